The Bertz CT molecular complexity index is 823. The van der Waals surface area contributed by atoms with Crippen molar-refractivity contribution in [3.8, 4) is 0 Å². The van der Waals surface area contributed by atoms with Gasteiger partial charge in [0, 0.05) is 5.56 Å². The first kappa shape index (κ1) is 20.6. The molecule has 8 heteroatoms. The fourth-order valence-electron chi connectivity index (χ4n) is 2.26. The van der Waals surface area contributed by atoms with Crippen molar-refractivity contribution in [2.24, 2.45) is 0 Å². The van der Waals surface area contributed by atoms with E-state index in [0.29, 0.717) is 11.1 Å². The van der Waals surface area contributed by atoms with E-state index in [9.17, 15) is 19.2 Å². The number of esters is 1. The second-order valence-corrected chi connectivity index (χ2v) is 5.56. The summed E-state index contributed by atoms with van der Waals surface area (Å²) in [4.78, 5) is 47.8. The Morgan fingerprint density at radius 1 is 0.893 bits per heavy atom. The van der Waals surface area contributed by atoms with Crippen molar-refractivity contribution >= 4 is 23.9 Å². The number of amides is 3. The van der Waals surface area contributed by atoms with Crippen LogP contribution in [0.3, 0.4) is 0 Å². The maximum atomic E-state index is 12.5. The molecule has 0 spiro atoms. The largest absolute Gasteiger partial charge is 0.454 e. The number of carbonyl (C=O) groups is 4. The maximum absolute atomic E-state index is 12.5. The summed E-state index contributed by atoms with van der Waals surface area (Å²) >= 11 is 0. The summed E-state index contributed by atoms with van der Waals surface area (Å²) in [6.07, 6.45) is -0.930. The van der Waals surface area contributed by atoms with Crippen molar-refractivity contribution in [1.29, 1.82) is 0 Å². The van der Waals surface area contributed by atoms with Gasteiger partial charge in [0.2, 0.25) is 0 Å². The quantitative estimate of drug-likeness (QED) is 0.706. The highest BCUT2D eigenvalue weighted by atomic mass is 16.6. The molecular weight excluding hydrogens is 364 g/mol. The topological polar surface area (TPSA) is 111 Å². The van der Waals surface area contributed by atoms with Crippen LogP contribution in [0.4, 0.5) is 4.79 Å². The molecule has 8 nitrogen and oxygen atoms in total. The van der Waals surface area contributed by atoms with E-state index >= 15 is 0 Å². The Labute approximate surface area is 161 Å². The number of hydrogen-bond donors (Lipinski definition) is 2. The third-order valence-corrected chi connectivity index (χ3v) is 3.54. The Kier molecular flexibility index (Phi) is 7.71. The van der Waals surface area contributed by atoms with Gasteiger partial charge >= 0.3 is 12.1 Å². The van der Waals surface area contributed by atoms with E-state index in [4.69, 9.17) is 4.74 Å². The summed E-state index contributed by atoms with van der Waals surface area (Å²) in [5, 5.41) is 4.51. The molecule has 0 fully saturated rings. The predicted octanol–water partition coefficient (Wildman–Crippen LogP) is 1.97. The van der Waals surface area contributed by atoms with Gasteiger partial charge in [0.15, 0.2) is 12.6 Å². The minimum absolute atomic E-state index is 0.0977. The fraction of sp³-hybridized carbons (Fsp3) is 0.200. The second kappa shape index (κ2) is 10.5. The molecule has 0 aromatic heterocycles. The lowest BCUT2D eigenvalue weighted by Gasteiger charge is -2.18. The fourth-order valence-corrected chi connectivity index (χ4v) is 2.26. The lowest BCUT2D eigenvalue weighted by Crippen LogP contribution is -2.38. The summed E-state index contributed by atoms with van der Waals surface area (Å²) < 4.78 is 9.53. The lowest BCUT2D eigenvalue weighted by molar-refractivity contribution is -0.150. The predicted molar refractivity (Wildman–Crippen MR) is 99.2 cm³/mol. The first-order chi connectivity index (χ1) is 13.5. The van der Waals surface area contributed by atoms with E-state index in [1.807, 2.05) is 5.32 Å². The van der Waals surface area contributed by atoms with Gasteiger partial charge in [0.1, 0.15) is 0 Å². The Morgan fingerprint density at radius 2 is 1.50 bits per heavy atom. The minimum Gasteiger partial charge on any atom is -0.454 e. The first-order valence-electron chi connectivity index (χ1n) is 8.55. The molecule has 2 rings (SSSR count). The Hall–Kier alpha value is -3.68. The van der Waals surface area contributed by atoms with Crippen LogP contribution in [0, 0.1) is 0 Å². The van der Waals surface area contributed by atoms with Crippen molar-refractivity contribution in [2.75, 3.05) is 13.2 Å². The highest BCUT2D eigenvalue weighted by molar-refractivity contribution is 5.97. The number of alkyl carbamates (subject to hydrolysis) is 1. The highest BCUT2D eigenvalue weighted by Crippen LogP contribution is 2.15. The van der Waals surface area contributed by atoms with Gasteiger partial charge < -0.3 is 14.8 Å². The van der Waals surface area contributed by atoms with Crippen LogP contribution in [0.1, 0.15) is 28.9 Å². The number of carbonyl (C=O) groups excluding carboxylic acids is 4. The van der Waals surface area contributed by atoms with Crippen molar-refractivity contribution < 1.29 is 28.7 Å². The van der Waals surface area contributed by atoms with Crippen LogP contribution < -0.4 is 10.6 Å². The molecule has 2 N–H and O–H groups in total. The van der Waals surface area contributed by atoms with Gasteiger partial charge in [0.05, 0.1) is 6.61 Å². The molecule has 2 aromatic carbocycles. The van der Waals surface area contributed by atoms with Crippen LogP contribution in [0.2, 0.25) is 0 Å². The number of benzene rings is 2. The van der Waals surface area contributed by atoms with Crippen molar-refractivity contribution in [2.45, 2.75) is 13.0 Å². The lowest BCUT2D eigenvalue weighted by atomic mass is 10.1. The second-order valence-electron chi connectivity index (χ2n) is 5.56. The normalized spacial score (nSPS) is 11.0. The zero-order valence-corrected chi connectivity index (χ0v) is 15.2. The van der Waals surface area contributed by atoms with Gasteiger partial charge in [-0.2, -0.15) is 0 Å². The number of imide groups is 1. The molecule has 0 saturated carbocycles. The third-order valence-electron chi connectivity index (χ3n) is 3.54. The van der Waals surface area contributed by atoms with Gasteiger partial charge in [0.25, 0.3) is 11.8 Å². The van der Waals surface area contributed by atoms with Crippen LogP contribution in [0.25, 0.3) is 0 Å². The van der Waals surface area contributed by atoms with Gasteiger partial charge in [-0.1, -0.05) is 48.5 Å². The number of hydrogen-bond acceptors (Lipinski definition) is 6. The molecule has 0 saturated heterocycles. The number of rotatable bonds is 7. The molecule has 1 atom stereocenters. The van der Waals surface area contributed by atoms with Crippen LogP contribution in [0.5, 0.6) is 0 Å². The van der Waals surface area contributed by atoms with E-state index in [1.54, 1.807) is 67.6 Å². The molecule has 0 aliphatic carbocycles. The van der Waals surface area contributed by atoms with Gasteiger partial charge in [-0.3, -0.25) is 14.9 Å². The average molecular weight is 384 g/mol. The van der Waals surface area contributed by atoms with Crippen molar-refractivity contribution in [3.05, 3.63) is 71.8 Å². The molecule has 0 radical (unpaired) electrons. The van der Waals surface area contributed by atoms with E-state index in [2.05, 4.69) is 10.1 Å². The summed E-state index contributed by atoms with van der Waals surface area (Å²) in [7, 11) is 0. The SMILES string of the molecule is CCOC(=O)NC(=O)COC(=O)C(NC(=O)c1ccccc1)c1ccccc1. The molecule has 0 heterocycles. The van der Waals surface area contributed by atoms with Crippen LogP contribution in [0.15, 0.2) is 60.7 Å². The van der Waals surface area contributed by atoms with Crippen molar-refractivity contribution in [1.82, 2.24) is 10.6 Å². The monoisotopic (exact) mass is 384 g/mol. The molecule has 2 aromatic rings. The van der Waals surface area contributed by atoms with E-state index in [1.165, 1.54) is 0 Å². The molecule has 146 valence electrons. The minimum atomic E-state index is -1.12. The van der Waals surface area contributed by atoms with Crippen molar-refractivity contribution in [3.63, 3.8) is 0 Å². The molecule has 0 aliphatic rings. The highest BCUT2D eigenvalue weighted by Gasteiger charge is 2.25. The third kappa shape index (κ3) is 6.24. The first-order valence-corrected chi connectivity index (χ1v) is 8.55. The smallest absolute Gasteiger partial charge is 0.413 e. The molecule has 3 amide bonds. The van der Waals surface area contributed by atoms with Gasteiger partial charge in [-0.05, 0) is 24.6 Å². The number of nitrogens with one attached hydrogen (secondary N) is 2. The summed E-state index contributed by atoms with van der Waals surface area (Å²) in [5.41, 5.74) is 0.860. The van der Waals surface area contributed by atoms with Crippen LogP contribution in [-0.4, -0.2) is 37.1 Å². The van der Waals surface area contributed by atoms with E-state index in [-0.39, 0.29) is 6.61 Å². The molecule has 0 bridgehead atoms. The van der Waals surface area contributed by atoms with Crippen LogP contribution >= 0.6 is 0 Å². The standard InChI is InChI=1S/C20H20N2O6/c1-2-27-20(26)21-16(23)13-28-19(25)17(14-9-5-3-6-10-14)22-18(24)15-11-7-4-8-12-15/h3-12,17H,2,13H2,1H3,(H,22,24)(H,21,23,26). The maximum Gasteiger partial charge on any atom is 0.413 e. The van der Waals surface area contributed by atoms with E-state index in [0.717, 1.165) is 0 Å². The molecule has 1 unspecified atom stereocenters. The summed E-state index contributed by atoms with van der Waals surface area (Å²) in [6, 6.07) is 15.7. The summed E-state index contributed by atoms with van der Waals surface area (Å²) in [6.45, 7) is 0.993. The molecular formula is C20H20N2O6. The van der Waals surface area contributed by atoms with Gasteiger partial charge in [-0.15, -0.1) is 0 Å². The average Bonchev–Trinajstić information content (AvgIpc) is 2.71. The Balaban J connectivity index is 2.05. The van der Waals surface area contributed by atoms with Crippen LogP contribution in [-0.2, 0) is 19.1 Å². The van der Waals surface area contributed by atoms with E-state index < -0.39 is 36.5 Å². The summed E-state index contributed by atoms with van der Waals surface area (Å²) in [5.74, 6) is -2.15. The molecule has 28 heavy (non-hydrogen) atoms. The molecule has 0 aliphatic heterocycles. The number of ether oxygens (including phenoxy) is 2. The zero-order valence-electron chi connectivity index (χ0n) is 15.2. The van der Waals surface area contributed by atoms with Gasteiger partial charge in [-0.25, -0.2) is 9.59 Å². The Morgan fingerprint density at radius 3 is 2.11 bits per heavy atom. The zero-order chi connectivity index (χ0) is 20.4.